The van der Waals surface area contributed by atoms with Gasteiger partial charge in [-0.1, -0.05) is 0 Å². The van der Waals surface area contributed by atoms with E-state index in [0.29, 0.717) is 17.7 Å². The maximum atomic E-state index is 11.6. The molecule has 1 aromatic rings. The molecule has 0 unspecified atom stereocenters. The minimum absolute atomic E-state index is 0.0131. The third-order valence-electron chi connectivity index (χ3n) is 2.85. The van der Waals surface area contributed by atoms with Gasteiger partial charge in [0.15, 0.2) is 0 Å². The number of anilines is 2. The summed E-state index contributed by atoms with van der Waals surface area (Å²) in [5, 5.41) is 9.00. The normalized spacial score (nSPS) is 14.2. The molecule has 1 aliphatic rings. The largest absolute Gasteiger partial charge is 0.373 e. The molecule has 1 amide bonds. The maximum Gasteiger partial charge on any atom is 0.239 e. The zero-order valence-electron chi connectivity index (χ0n) is 11.0. The second kappa shape index (κ2) is 5.20. The van der Waals surface area contributed by atoms with Crippen molar-refractivity contribution in [3.8, 4) is 0 Å². The fraction of sp³-hybridized carbons (Fsp3) is 0.583. The number of aromatic nitrogens is 2. The quantitative estimate of drug-likeness (QED) is 0.720. The van der Waals surface area contributed by atoms with E-state index >= 15 is 0 Å². The molecule has 0 aromatic carbocycles. The second-order valence-corrected chi connectivity index (χ2v) is 4.54. The Labute approximate surface area is 107 Å². The highest BCUT2D eigenvalue weighted by molar-refractivity contribution is 5.81. The summed E-state index contributed by atoms with van der Waals surface area (Å²) in [7, 11) is 1.82. The van der Waals surface area contributed by atoms with E-state index in [-0.39, 0.29) is 12.5 Å². The molecule has 6 nitrogen and oxygen atoms in total. The van der Waals surface area contributed by atoms with Crippen LogP contribution < -0.4 is 16.0 Å². The molecule has 0 atom stereocenters. The number of carbonyl (C=O) groups excluding carboxylic acids is 1. The number of nitrogens with one attached hydrogen (secondary N) is 3. The molecule has 0 radical (unpaired) electrons. The lowest BCUT2D eigenvalue weighted by Gasteiger charge is -2.12. The highest BCUT2D eigenvalue weighted by Crippen LogP contribution is 2.20. The monoisotopic (exact) mass is 249 g/mol. The first-order valence-corrected chi connectivity index (χ1v) is 6.16. The van der Waals surface area contributed by atoms with Gasteiger partial charge in [0.05, 0.1) is 6.54 Å². The van der Waals surface area contributed by atoms with E-state index in [4.69, 9.17) is 0 Å². The van der Waals surface area contributed by atoms with E-state index < -0.39 is 0 Å². The SMILES string of the molecule is CNc1nc(C)nc(NCC(=O)NC2CC2)c1C. The van der Waals surface area contributed by atoms with Crippen LogP contribution in [0.1, 0.15) is 24.2 Å². The van der Waals surface area contributed by atoms with Crippen molar-refractivity contribution < 1.29 is 4.79 Å². The Morgan fingerprint density at radius 1 is 1.28 bits per heavy atom. The predicted molar refractivity (Wildman–Crippen MR) is 70.7 cm³/mol. The lowest BCUT2D eigenvalue weighted by atomic mass is 10.3. The van der Waals surface area contributed by atoms with Crippen LogP contribution in [0, 0.1) is 13.8 Å². The molecule has 18 heavy (non-hydrogen) atoms. The third kappa shape index (κ3) is 3.09. The number of amides is 1. The summed E-state index contributed by atoms with van der Waals surface area (Å²) in [6.45, 7) is 4.00. The van der Waals surface area contributed by atoms with Crippen LogP contribution in [0.25, 0.3) is 0 Å². The third-order valence-corrected chi connectivity index (χ3v) is 2.85. The summed E-state index contributed by atoms with van der Waals surface area (Å²) in [6, 6.07) is 0.389. The van der Waals surface area contributed by atoms with Crippen LogP contribution in [0.5, 0.6) is 0 Å². The number of rotatable bonds is 5. The van der Waals surface area contributed by atoms with Crippen LogP contribution in [-0.2, 0) is 4.79 Å². The Hall–Kier alpha value is -1.85. The minimum atomic E-state index is 0.0131. The second-order valence-electron chi connectivity index (χ2n) is 4.54. The standard InChI is InChI=1S/C12H19N5O/c1-7-11(13-3)15-8(2)16-12(7)14-6-10(18)17-9-4-5-9/h9H,4-6H2,1-3H3,(H,17,18)(H2,13,14,15,16). The average Bonchev–Trinajstić information content (AvgIpc) is 3.13. The van der Waals surface area contributed by atoms with E-state index in [1.165, 1.54) is 0 Å². The van der Waals surface area contributed by atoms with Gasteiger partial charge in [-0.2, -0.15) is 0 Å². The van der Waals surface area contributed by atoms with E-state index in [9.17, 15) is 4.79 Å². The van der Waals surface area contributed by atoms with Gasteiger partial charge in [0.2, 0.25) is 5.91 Å². The summed E-state index contributed by atoms with van der Waals surface area (Å²) in [4.78, 5) is 20.2. The molecule has 1 fully saturated rings. The van der Waals surface area contributed by atoms with E-state index in [0.717, 1.165) is 24.2 Å². The molecule has 1 aliphatic carbocycles. The molecule has 2 rings (SSSR count). The Morgan fingerprint density at radius 3 is 2.56 bits per heavy atom. The van der Waals surface area contributed by atoms with Crippen molar-refractivity contribution in [2.45, 2.75) is 32.7 Å². The van der Waals surface area contributed by atoms with Gasteiger partial charge < -0.3 is 16.0 Å². The molecule has 0 saturated heterocycles. The van der Waals surface area contributed by atoms with Gasteiger partial charge in [-0.25, -0.2) is 9.97 Å². The van der Waals surface area contributed by atoms with E-state index in [1.807, 2.05) is 20.9 Å². The smallest absolute Gasteiger partial charge is 0.239 e. The lowest BCUT2D eigenvalue weighted by Crippen LogP contribution is -2.31. The van der Waals surface area contributed by atoms with Gasteiger partial charge in [-0.05, 0) is 26.7 Å². The summed E-state index contributed by atoms with van der Waals surface area (Å²) in [6.07, 6.45) is 2.20. The zero-order chi connectivity index (χ0) is 13.1. The summed E-state index contributed by atoms with van der Waals surface area (Å²) in [5.41, 5.74) is 0.919. The highest BCUT2D eigenvalue weighted by atomic mass is 16.2. The van der Waals surface area contributed by atoms with Crippen LogP contribution in [-0.4, -0.2) is 35.5 Å². The fourth-order valence-corrected chi connectivity index (χ4v) is 1.71. The van der Waals surface area contributed by atoms with Crippen LogP contribution in [0.2, 0.25) is 0 Å². The van der Waals surface area contributed by atoms with Crippen LogP contribution >= 0.6 is 0 Å². The van der Waals surface area contributed by atoms with Crippen LogP contribution in [0.4, 0.5) is 11.6 Å². The van der Waals surface area contributed by atoms with Crippen molar-refractivity contribution in [2.75, 3.05) is 24.2 Å². The number of carbonyl (C=O) groups is 1. The Balaban J connectivity index is 1.99. The summed E-state index contributed by atoms with van der Waals surface area (Å²) in [5.74, 6) is 2.18. The average molecular weight is 249 g/mol. The summed E-state index contributed by atoms with van der Waals surface area (Å²) >= 11 is 0. The number of hydrogen-bond acceptors (Lipinski definition) is 5. The van der Waals surface area contributed by atoms with E-state index in [1.54, 1.807) is 0 Å². The van der Waals surface area contributed by atoms with Gasteiger partial charge >= 0.3 is 0 Å². The molecule has 1 heterocycles. The van der Waals surface area contributed by atoms with Gasteiger partial charge in [-0.3, -0.25) is 4.79 Å². The van der Waals surface area contributed by atoms with Crippen molar-refractivity contribution in [3.63, 3.8) is 0 Å². The molecule has 3 N–H and O–H groups in total. The minimum Gasteiger partial charge on any atom is -0.373 e. The summed E-state index contributed by atoms with van der Waals surface area (Å²) < 4.78 is 0. The van der Waals surface area contributed by atoms with Gasteiger partial charge in [0, 0.05) is 18.7 Å². The Morgan fingerprint density at radius 2 is 1.94 bits per heavy atom. The molecule has 0 spiro atoms. The Bertz CT molecular complexity index is 456. The molecular weight excluding hydrogens is 230 g/mol. The zero-order valence-corrected chi connectivity index (χ0v) is 11.0. The highest BCUT2D eigenvalue weighted by Gasteiger charge is 2.23. The van der Waals surface area contributed by atoms with Gasteiger partial charge in [0.25, 0.3) is 0 Å². The van der Waals surface area contributed by atoms with E-state index in [2.05, 4.69) is 25.9 Å². The topological polar surface area (TPSA) is 78.9 Å². The van der Waals surface area contributed by atoms with Gasteiger partial charge in [-0.15, -0.1) is 0 Å². The van der Waals surface area contributed by atoms with Crippen LogP contribution in [0.15, 0.2) is 0 Å². The van der Waals surface area contributed by atoms with Crippen molar-refractivity contribution in [3.05, 3.63) is 11.4 Å². The maximum absolute atomic E-state index is 11.6. The molecule has 98 valence electrons. The molecule has 0 bridgehead atoms. The van der Waals surface area contributed by atoms with Crippen molar-refractivity contribution in [2.24, 2.45) is 0 Å². The predicted octanol–water partition coefficient (Wildman–Crippen LogP) is 0.826. The first-order valence-electron chi connectivity index (χ1n) is 6.16. The molecule has 1 aromatic heterocycles. The number of hydrogen-bond donors (Lipinski definition) is 3. The first-order chi connectivity index (χ1) is 8.60. The van der Waals surface area contributed by atoms with Gasteiger partial charge in [0.1, 0.15) is 17.5 Å². The molecule has 6 heteroatoms. The lowest BCUT2D eigenvalue weighted by molar-refractivity contribution is -0.119. The first kappa shape index (κ1) is 12.6. The molecular formula is C12H19N5O. The Kier molecular flexibility index (Phi) is 3.64. The van der Waals surface area contributed by atoms with Crippen molar-refractivity contribution >= 4 is 17.5 Å². The number of nitrogens with zero attached hydrogens (tertiary/aromatic N) is 2. The van der Waals surface area contributed by atoms with Crippen molar-refractivity contribution in [1.29, 1.82) is 0 Å². The molecule has 1 saturated carbocycles. The fourth-order valence-electron chi connectivity index (χ4n) is 1.71. The van der Waals surface area contributed by atoms with Crippen molar-refractivity contribution in [1.82, 2.24) is 15.3 Å². The number of aryl methyl sites for hydroxylation is 1. The molecule has 0 aliphatic heterocycles. The van der Waals surface area contributed by atoms with Crippen LogP contribution in [0.3, 0.4) is 0 Å².